The topological polar surface area (TPSA) is 229 Å². The van der Waals surface area contributed by atoms with Crippen LogP contribution in [-0.4, -0.2) is 82.5 Å². The Balaban J connectivity index is 1.12. The van der Waals surface area contributed by atoms with Crippen molar-refractivity contribution in [2.75, 3.05) is 11.5 Å². The monoisotopic (exact) mass is 775 g/mol. The normalized spacial score (nSPS) is 17.9. The van der Waals surface area contributed by atoms with E-state index in [-0.39, 0.29) is 39.7 Å². The zero-order valence-corrected chi connectivity index (χ0v) is 31.2. The fourth-order valence-corrected chi connectivity index (χ4v) is 8.15. The molecule has 2 aromatic carbocycles. The van der Waals surface area contributed by atoms with E-state index in [4.69, 9.17) is 10.6 Å². The number of thiazole rings is 1. The van der Waals surface area contributed by atoms with Crippen molar-refractivity contribution in [3.05, 3.63) is 88.3 Å². The van der Waals surface area contributed by atoms with Crippen LogP contribution in [0.25, 0.3) is 10.8 Å². The lowest BCUT2D eigenvalue weighted by Crippen LogP contribution is -2.71. The van der Waals surface area contributed by atoms with Crippen LogP contribution in [0.2, 0.25) is 0 Å². The molecule has 54 heavy (non-hydrogen) atoms. The predicted molar refractivity (Wildman–Crippen MR) is 201 cm³/mol. The molecule has 2 amide bonds. The maximum Gasteiger partial charge on any atom is 0.352 e. The summed E-state index contributed by atoms with van der Waals surface area (Å²) in [5.41, 5.74) is 6.33. The van der Waals surface area contributed by atoms with Gasteiger partial charge in [-0.25, -0.2) is 19.1 Å². The van der Waals surface area contributed by atoms with E-state index in [9.17, 15) is 39.6 Å². The third kappa shape index (κ3) is 7.96. The number of amides is 2. The Hall–Kier alpha value is -5.68. The van der Waals surface area contributed by atoms with Crippen LogP contribution in [0.3, 0.4) is 0 Å². The highest BCUT2D eigenvalue weighted by atomic mass is 32.2. The number of carbonyl (C=O) groups excluding carboxylic acids is 2. The van der Waals surface area contributed by atoms with Gasteiger partial charge in [-0.1, -0.05) is 42.8 Å². The molecule has 17 heteroatoms. The lowest BCUT2D eigenvalue weighted by Gasteiger charge is -2.49. The second-order valence-electron chi connectivity index (χ2n) is 13.6. The molecule has 6 rings (SSSR count). The van der Waals surface area contributed by atoms with Gasteiger partial charge in [0.25, 0.3) is 11.8 Å². The number of fused-ring (bicyclic) bond motifs is 2. The number of rotatable bonds is 14. The molecular weight excluding hydrogens is 737 g/mol. The van der Waals surface area contributed by atoms with Crippen molar-refractivity contribution in [1.29, 1.82) is 0 Å². The first-order valence-corrected chi connectivity index (χ1v) is 18.9. The van der Waals surface area contributed by atoms with Gasteiger partial charge < -0.3 is 36.3 Å². The smallest absolute Gasteiger partial charge is 0.352 e. The zero-order chi connectivity index (χ0) is 38.9. The summed E-state index contributed by atoms with van der Waals surface area (Å²) in [5.74, 6) is -3.90. The van der Waals surface area contributed by atoms with Crippen molar-refractivity contribution in [2.45, 2.75) is 63.6 Å². The fraction of sp³-hybridized carbons (Fsp3) is 0.324. The molecule has 4 heterocycles. The number of nitrogens with zero attached hydrogens (tertiary/aromatic N) is 4. The van der Waals surface area contributed by atoms with E-state index in [1.165, 1.54) is 48.0 Å². The minimum atomic E-state index is -1.77. The number of oxime groups is 1. The molecule has 15 nitrogen and oxygen atoms in total. The lowest BCUT2D eigenvalue weighted by molar-refractivity contribution is -0.687. The van der Waals surface area contributed by atoms with Gasteiger partial charge in [0.1, 0.15) is 22.8 Å². The zero-order valence-electron chi connectivity index (χ0n) is 29.6. The van der Waals surface area contributed by atoms with E-state index in [1.54, 1.807) is 0 Å². The van der Waals surface area contributed by atoms with Crippen LogP contribution >= 0.6 is 23.1 Å². The minimum Gasteiger partial charge on any atom is -0.504 e. The number of anilines is 1. The number of hydrogen-bond donors (Lipinski definition) is 6. The minimum absolute atomic E-state index is 0.0260. The summed E-state index contributed by atoms with van der Waals surface area (Å²) in [6.45, 7) is 5.15. The number of phenols is 2. The van der Waals surface area contributed by atoms with E-state index in [1.807, 2.05) is 42.1 Å². The molecule has 2 aliphatic rings. The molecule has 1 fully saturated rings. The number of nitrogen functional groups attached to an aromatic ring is 1. The van der Waals surface area contributed by atoms with Gasteiger partial charge >= 0.3 is 11.9 Å². The van der Waals surface area contributed by atoms with Crippen LogP contribution in [0.4, 0.5) is 5.13 Å². The van der Waals surface area contributed by atoms with Crippen LogP contribution in [0.1, 0.15) is 50.4 Å². The van der Waals surface area contributed by atoms with Crippen LogP contribution in [0.5, 0.6) is 11.5 Å². The molecule has 3 atom stereocenters. The number of aromatic hydroxyl groups is 2. The highest BCUT2D eigenvalue weighted by molar-refractivity contribution is 8.00. The van der Waals surface area contributed by atoms with Gasteiger partial charge in [-0.05, 0) is 61.3 Å². The molecule has 0 saturated carbocycles. The molecule has 2 aromatic heterocycles. The molecular formula is C37H39N6O9S2+. The average molecular weight is 776 g/mol. The molecule has 7 N–H and O–H groups in total. The molecule has 282 valence electrons. The highest BCUT2D eigenvalue weighted by Gasteiger charge is 2.54. The summed E-state index contributed by atoms with van der Waals surface area (Å²) in [6, 6.07) is 12.0. The van der Waals surface area contributed by atoms with Crippen molar-refractivity contribution >= 4 is 68.5 Å². The van der Waals surface area contributed by atoms with Crippen LogP contribution < -0.4 is 15.6 Å². The van der Waals surface area contributed by atoms with Gasteiger partial charge in [-0.15, -0.1) is 23.1 Å². The Bertz CT molecular complexity index is 2200. The van der Waals surface area contributed by atoms with E-state index < -0.39 is 40.8 Å². The number of thioether (sulfide) groups is 1. The summed E-state index contributed by atoms with van der Waals surface area (Å²) in [6.07, 6.45) is 5.75. The van der Waals surface area contributed by atoms with Crippen LogP contribution in [-0.2, 0) is 37.0 Å². The van der Waals surface area contributed by atoms with Crippen molar-refractivity contribution in [3.8, 4) is 11.5 Å². The Kier molecular flexibility index (Phi) is 10.8. The summed E-state index contributed by atoms with van der Waals surface area (Å²) in [5, 5.41) is 48.2. The maximum absolute atomic E-state index is 13.5. The van der Waals surface area contributed by atoms with Gasteiger partial charge in [0, 0.05) is 28.1 Å². The summed E-state index contributed by atoms with van der Waals surface area (Å²) >= 11 is 2.38. The second-order valence-corrected chi connectivity index (χ2v) is 15.6. The summed E-state index contributed by atoms with van der Waals surface area (Å²) in [4.78, 5) is 61.4. The molecule has 0 radical (unpaired) electrons. The fourth-order valence-electron chi connectivity index (χ4n) is 6.24. The first-order valence-electron chi connectivity index (χ1n) is 17.0. The largest absolute Gasteiger partial charge is 0.504 e. The third-order valence-electron chi connectivity index (χ3n) is 9.35. The first kappa shape index (κ1) is 38.1. The lowest BCUT2D eigenvalue weighted by atomic mass is 9.89. The SMILES string of the molecule is CCC(CC1=C(C(=O)O)N2C(=O)[C@@H](NC(=O)/C(=N\OC(C)(C)C(=O)O)c3csc(N)n3)[C@H]2SC1)Cc1ccc(C[n+]2ccc3cc(O)c(O)cc3c2)cc1. The number of benzene rings is 2. The predicted octanol–water partition coefficient (Wildman–Crippen LogP) is 3.61. The number of pyridine rings is 1. The Morgan fingerprint density at radius 1 is 1.09 bits per heavy atom. The number of carboxylic acids is 2. The molecule has 0 bridgehead atoms. The Labute approximate surface area is 317 Å². The highest BCUT2D eigenvalue weighted by Crippen LogP contribution is 2.42. The van der Waals surface area contributed by atoms with Crippen molar-refractivity contribution in [3.63, 3.8) is 0 Å². The van der Waals surface area contributed by atoms with E-state index in [0.717, 1.165) is 39.7 Å². The molecule has 4 aromatic rings. The van der Waals surface area contributed by atoms with Gasteiger partial charge in [0.05, 0.1) is 0 Å². The molecule has 0 aliphatic carbocycles. The van der Waals surface area contributed by atoms with Gasteiger partial charge in [0.15, 0.2) is 41.3 Å². The number of phenolic OH excluding ortho intramolecular Hbond substituents is 2. The van der Waals surface area contributed by atoms with Gasteiger partial charge in [0.2, 0.25) is 5.60 Å². The molecule has 1 unspecified atom stereocenters. The van der Waals surface area contributed by atoms with E-state index >= 15 is 0 Å². The Morgan fingerprint density at radius 2 is 1.78 bits per heavy atom. The summed E-state index contributed by atoms with van der Waals surface area (Å²) < 4.78 is 1.99. The van der Waals surface area contributed by atoms with Crippen molar-refractivity contribution < 1.29 is 49.0 Å². The number of carboxylic acid groups (broad SMARTS) is 2. The number of hydrogen-bond acceptors (Lipinski definition) is 12. The number of nitrogens with two attached hydrogens (primary N) is 1. The van der Waals surface area contributed by atoms with Gasteiger partial charge in [-0.3, -0.25) is 14.5 Å². The Morgan fingerprint density at radius 3 is 2.41 bits per heavy atom. The first-order chi connectivity index (χ1) is 25.6. The number of nitrogens with one attached hydrogen (secondary N) is 1. The second kappa shape index (κ2) is 15.4. The van der Waals surface area contributed by atoms with Crippen molar-refractivity contribution in [2.24, 2.45) is 11.1 Å². The number of aliphatic carboxylic acids is 2. The maximum atomic E-state index is 13.5. The van der Waals surface area contributed by atoms with E-state index in [0.29, 0.717) is 30.7 Å². The van der Waals surface area contributed by atoms with Crippen molar-refractivity contribution in [1.82, 2.24) is 15.2 Å². The van der Waals surface area contributed by atoms with Crippen LogP contribution in [0.15, 0.2) is 76.7 Å². The van der Waals surface area contributed by atoms with Gasteiger partial charge in [-0.2, -0.15) is 0 Å². The number of aromatic nitrogens is 2. The molecule has 1 saturated heterocycles. The quantitative estimate of drug-likeness (QED) is 0.0355. The molecule has 2 aliphatic heterocycles. The molecule has 0 spiro atoms. The third-order valence-corrected chi connectivity index (χ3v) is 11.4. The standard InChI is InChI=1S/C37H38N6O9S2/c1-4-19(11-20-5-7-21(8-6-20)15-42-10-9-22-13-26(44)27(45)14-23(22)16-42)12-24-17-53-33-29(32(47)43(33)30(24)34(48)49)40-31(46)28(25-18-54-36(38)39-25)41-52-37(2,3)35(50)51/h5-10,13-14,16,18-19,29,33H,4,11-12,15,17H2,1-3H3,(H6,38,39,40,45,46,48,49,50,51)/p+1/b41-28-/t19?,29-,33-/m1/s1. The van der Waals surface area contributed by atoms with Crippen LogP contribution in [0, 0.1) is 5.92 Å². The summed E-state index contributed by atoms with van der Waals surface area (Å²) in [7, 11) is 0. The number of carbonyl (C=O) groups is 4. The van der Waals surface area contributed by atoms with E-state index in [2.05, 4.69) is 27.6 Å². The number of β-lactam (4-membered cyclic amide) rings is 1. The average Bonchev–Trinajstić information content (AvgIpc) is 3.56.